The number of rotatable bonds is 17. The Bertz CT molecular complexity index is 2200. The number of hydrogen-bond acceptors (Lipinski definition) is 8. The van der Waals surface area contributed by atoms with Crippen molar-refractivity contribution in [1.29, 1.82) is 0 Å². The summed E-state index contributed by atoms with van der Waals surface area (Å²) in [4.78, 5) is 0. The van der Waals surface area contributed by atoms with Crippen LogP contribution in [0.2, 0.25) is 0 Å². The topological polar surface area (TPSA) is 89.5 Å². The second kappa shape index (κ2) is 16.8. The highest BCUT2D eigenvalue weighted by Crippen LogP contribution is 2.61. The van der Waals surface area contributed by atoms with Crippen LogP contribution in [0.25, 0.3) is 0 Å². The van der Waals surface area contributed by atoms with Crippen LogP contribution in [0.15, 0.2) is 170 Å². The third-order valence-corrected chi connectivity index (χ3v) is 14.4. The van der Waals surface area contributed by atoms with E-state index in [4.69, 9.17) is 27.6 Å². The van der Waals surface area contributed by atoms with E-state index in [9.17, 15) is 9.13 Å². The van der Waals surface area contributed by atoms with Crippen molar-refractivity contribution < 1.29 is 36.7 Å². The van der Waals surface area contributed by atoms with Crippen molar-refractivity contribution >= 4 is 15.2 Å². The van der Waals surface area contributed by atoms with E-state index >= 15 is 0 Å². The molecule has 0 saturated carbocycles. The van der Waals surface area contributed by atoms with Crippen molar-refractivity contribution in [3.8, 4) is 34.5 Å². The van der Waals surface area contributed by atoms with Gasteiger partial charge < -0.3 is 27.6 Å². The first kappa shape index (κ1) is 40.2. The lowest BCUT2D eigenvalue weighted by atomic mass is 9.78. The summed E-state index contributed by atoms with van der Waals surface area (Å²) in [5, 5.41) is -2.69. The molecule has 0 bridgehead atoms. The quantitative estimate of drug-likeness (QED) is 0.0844. The molecule has 0 heterocycles. The van der Waals surface area contributed by atoms with Gasteiger partial charge in [0.25, 0.3) is 0 Å². The Labute approximate surface area is 330 Å². The van der Waals surface area contributed by atoms with Gasteiger partial charge in [-0.15, -0.1) is 0 Å². The minimum absolute atomic E-state index is 0.338. The van der Waals surface area contributed by atoms with Gasteiger partial charge in [-0.25, -0.2) is 9.13 Å². The van der Waals surface area contributed by atoms with Crippen LogP contribution in [-0.2, 0) is 14.5 Å². The van der Waals surface area contributed by atoms with Gasteiger partial charge >= 0.3 is 15.2 Å². The molecule has 2 unspecified atom stereocenters. The molecule has 8 nitrogen and oxygen atoms in total. The second-order valence-corrected chi connectivity index (χ2v) is 19.2. The van der Waals surface area contributed by atoms with Gasteiger partial charge in [-0.05, 0) is 111 Å². The first-order valence-electron chi connectivity index (χ1n) is 18.5. The lowest BCUT2D eigenvalue weighted by Gasteiger charge is -2.35. The molecule has 0 aliphatic heterocycles. The summed E-state index contributed by atoms with van der Waals surface area (Å²) in [5.41, 5.74) is 1.55. The third-order valence-electron chi connectivity index (χ3n) is 9.63. The molecule has 0 radical (unpaired) electrons. The van der Waals surface area contributed by atoms with Crippen molar-refractivity contribution in [3.05, 3.63) is 181 Å². The molecule has 6 rings (SSSR count). The zero-order chi connectivity index (χ0) is 39.9. The summed E-state index contributed by atoms with van der Waals surface area (Å²) in [7, 11) is -7.98. The molecule has 0 amide bonds. The molecule has 0 saturated heterocycles. The molecule has 10 heteroatoms. The molecular formula is C46H48O8P2. The molecule has 6 aromatic rings. The van der Waals surface area contributed by atoms with Crippen LogP contribution in [0.3, 0.4) is 0 Å². The molecular weight excluding hydrogens is 742 g/mol. The van der Waals surface area contributed by atoms with E-state index in [2.05, 4.69) is 13.8 Å². The predicted molar refractivity (Wildman–Crippen MR) is 223 cm³/mol. The fourth-order valence-corrected chi connectivity index (χ4v) is 9.22. The summed E-state index contributed by atoms with van der Waals surface area (Å²) >= 11 is 0. The average molecular weight is 791 g/mol. The van der Waals surface area contributed by atoms with Crippen LogP contribution < -0.4 is 27.6 Å². The SMILES string of the molecule is CCC(C)(Oc1ccc(C(C)(C)c2ccc(OP(=O)(Oc3ccccc3)C(C)(C)Oc3ccccc3)cc2)cc1)P(=O)(Oc1ccccc1)Oc1ccccc1. The van der Waals surface area contributed by atoms with E-state index in [0.29, 0.717) is 40.9 Å². The molecule has 2 atom stereocenters. The minimum Gasteiger partial charge on any atom is -0.473 e. The van der Waals surface area contributed by atoms with E-state index in [-0.39, 0.29) is 0 Å². The summed E-state index contributed by atoms with van der Waals surface area (Å²) in [6, 6.07) is 51.2. The number of ether oxygens (including phenoxy) is 2. The molecule has 0 N–H and O–H groups in total. The van der Waals surface area contributed by atoms with Crippen LogP contribution in [0, 0.1) is 0 Å². The fraction of sp³-hybridized carbons (Fsp3) is 0.217. The summed E-state index contributed by atoms with van der Waals surface area (Å²) < 4.78 is 66.8. The van der Waals surface area contributed by atoms with Crippen LogP contribution >= 0.6 is 15.2 Å². The molecule has 56 heavy (non-hydrogen) atoms. The molecule has 0 spiro atoms. The Morgan fingerprint density at radius 1 is 0.393 bits per heavy atom. The van der Waals surface area contributed by atoms with Crippen LogP contribution in [-0.4, -0.2) is 10.7 Å². The van der Waals surface area contributed by atoms with Crippen molar-refractivity contribution in [2.24, 2.45) is 0 Å². The van der Waals surface area contributed by atoms with Gasteiger partial charge in [-0.1, -0.05) is 118 Å². The molecule has 0 aliphatic rings. The normalized spacial score (nSPS) is 14.0. The third kappa shape index (κ3) is 9.16. The lowest BCUT2D eigenvalue weighted by molar-refractivity contribution is 0.135. The molecule has 6 aromatic carbocycles. The van der Waals surface area contributed by atoms with Crippen molar-refractivity contribution in [2.75, 3.05) is 0 Å². The molecule has 0 fully saturated rings. The van der Waals surface area contributed by atoms with Crippen molar-refractivity contribution in [2.45, 2.75) is 64.1 Å². The Balaban J connectivity index is 1.21. The van der Waals surface area contributed by atoms with E-state index in [1.807, 2.05) is 116 Å². The van der Waals surface area contributed by atoms with Gasteiger partial charge in [0.1, 0.15) is 34.5 Å². The van der Waals surface area contributed by atoms with E-state index in [1.165, 1.54) is 0 Å². The zero-order valence-electron chi connectivity index (χ0n) is 32.5. The van der Waals surface area contributed by atoms with Gasteiger partial charge in [-0.2, -0.15) is 0 Å². The Morgan fingerprint density at radius 3 is 1.07 bits per heavy atom. The summed E-state index contributed by atoms with van der Waals surface area (Å²) in [5.74, 6) is 2.66. The minimum atomic E-state index is -4.00. The van der Waals surface area contributed by atoms with Crippen LogP contribution in [0.4, 0.5) is 0 Å². The smallest absolute Gasteiger partial charge is 0.473 e. The fourth-order valence-electron chi connectivity index (χ4n) is 5.90. The van der Waals surface area contributed by atoms with Gasteiger partial charge in [0.2, 0.25) is 10.7 Å². The first-order valence-corrected chi connectivity index (χ1v) is 21.6. The standard InChI is InChI=1S/C46H48O8P2/c1-7-46(6,56(48,53-41-24-16-10-17-25-41)54-42-26-18-11-19-27-42)50-39-32-28-36(29-33-39)44(2,3)37-30-34-43(35-31-37)52-55(47,51-40-22-14-9-15-23-40)45(4,5)49-38-20-12-8-13-21-38/h8-35H,7H2,1-6H3. The first-order chi connectivity index (χ1) is 26.7. The maximum atomic E-state index is 14.8. The zero-order valence-corrected chi connectivity index (χ0v) is 34.3. The molecule has 0 aromatic heterocycles. The maximum absolute atomic E-state index is 14.8. The van der Waals surface area contributed by atoms with Gasteiger partial charge in [0, 0.05) is 5.41 Å². The van der Waals surface area contributed by atoms with Crippen LogP contribution in [0.5, 0.6) is 34.5 Å². The predicted octanol–water partition coefficient (Wildman–Crippen LogP) is 13.3. The lowest BCUT2D eigenvalue weighted by Crippen LogP contribution is -2.35. The summed E-state index contributed by atoms with van der Waals surface area (Å²) in [6.07, 6.45) is 0.338. The second-order valence-electron chi connectivity index (χ2n) is 14.5. The van der Waals surface area contributed by atoms with Crippen LogP contribution in [0.1, 0.15) is 59.1 Å². The number of benzene rings is 6. The van der Waals surface area contributed by atoms with Gasteiger partial charge in [0.05, 0.1) is 0 Å². The highest BCUT2D eigenvalue weighted by Gasteiger charge is 2.52. The van der Waals surface area contributed by atoms with Crippen molar-refractivity contribution in [1.82, 2.24) is 0 Å². The average Bonchev–Trinajstić information content (AvgIpc) is 3.19. The van der Waals surface area contributed by atoms with Gasteiger partial charge in [-0.3, -0.25) is 0 Å². The Kier molecular flexibility index (Phi) is 12.0. The van der Waals surface area contributed by atoms with E-state index in [0.717, 1.165) is 11.1 Å². The monoisotopic (exact) mass is 790 g/mol. The van der Waals surface area contributed by atoms with E-state index < -0.39 is 31.3 Å². The number of para-hydroxylation sites is 4. The summed E-state index contributed by atoms with van der Waals surface area (Å²) in [6.45, 7) is 11.3. The molecule has 0 aliphatic carbocycles. The maximum Gasteiger partial charge on any atom is 0.473 e. The highest BCUT2D eigenvalue weighted by molar-refractivity contribution is 7.56. The number of hydrogen-bond donors (Lipinski definition) is 0. The highest BCUT2D eigenvalue weighted by atomic mass is 31.2. The Morgan fingerprint density at radius 2 is 0.696 bits per heavy atom. The van der Waals surface area contributed by atoms with Crippen molar-refractivity contribution in [3.63, 3.8) is 0 Å². The Hall–Kier alpha value is -5.42. The largest absolute Gasteiger partial charge is 0.473 e. The molecule has 290 valence electrons. The van der Waals surface area contributed by atoms with E-state index in [1.54, 1.807) is 81.4 Å². The van der Waals surface area contributed by atoms with Gasteiger partial charge in [0.15, 0.2) is 0 Å².